The Morgan fingerprint density at radius 2 is 2.11 bits per heavy atom. The molecular weight excluding hydrogens is 231 g/mol. The maximum absolute atomic E-state index is 13.6. The van der Waals surface area contributed by atoms with Crippen LogP contribution < -0.4 is 11.1 Å². The summed E-state index contributed by atoms with van der Waals surface area (Å²) >= 11 is 0. The number of nitrogens with one attached hydrogen (secondary N) is 1. The summed E-state index contributed by atoms with van der Waals surface area (Å²) < 4.78 is 13.6. The molecule has 0 bridgehead atoms. The Morgan fingerprint density at radius 1 is 1.33 bits per heavy atom. The number of amides is 1. The summed E-state index contributed by atoms with van der Waals surface area (Å²) in [6, 6.07) is 4.35. The van der Waals surface area contributed by atoms with Gasteiger partial charge in [0, 0.05) is 17.7 Å². The van der Waals surface area contributed by atoms with Crippen molar-refractivity contribution in [3.8, 4) is 0 Å². The molecule has 3 N–H and O–H groups in total. The molecule has 18 heavy (non-hydrogen) atoms. The van der Waals surface area contributed by atoms with Crippen LogP contribution in [-0.2, 0) is 6.54 Å². The molecule has 1 aromatic rings. The predicted octanol–water partition coefficient (Wildman–Crippen LogP) is 2.59. The fraction of sp³-hybridized carbons (Fsp3) is 0.500. The third kappa shape index (κ3) is 4.84. The number of benzene rings is 1. The zero-order valence-corrected chi connectivity index (χ0v) is 10.8. The Bertz CT molecular complexity index is 393. The maximum Gasteiger partial charge on any atom is 0.248 e. The molecule has 0 spiro atoms. The molecule has 4 heteroatoms. The lowest BCUT2D eigenvalue weighted by Crippen LogP contribution is -2.16. The van der Waals surface area contributed by atoms with Gasteiger partial charge in [0.1, 0.15) is 5.82 Å². The number of carbonyl (C=O) groups is 1. The number of halogens is 1. The Hall–Kier alpha value is -1.42. The minimum Gasteiger partial charge on any atom is -0.366 e. The molecule has 0 radical (unpaired) electrons. The molecule has 100 valence electrons. The first-order chi connectivity index (χ1) is 8.65. The van der Waals surface area contributed by atoms with Gasteiger partial charge in [-0.3, -0.25) is 4.79 Å². The van der Waals surface area contributed by atoms with Crippen LogP contribution in [0.1, 0.15) is 48.5 Å². The van der Waals surface area contributed by atoms with Gasteiger partial charge >= 0.3 is 0 Å². The van der Waals surface area contributed by atoms with Crippen LogP contribution in [0.4, 0.5) is 4.39 Å². The zero-order chi connectivity index (χ0) is 13.4. The molecule has 0 aliphatic heterocycles. The Balaban J connectivity index is 2.36. The molecule has 1 rings (SSSR count). The largest absolute Gasteiger partial charge is 0.366 e. The normalized spacial score (nSPS) is 10.6. The SMILES string of the molecule is CCCCCCNCc1ccc(C(N)=O)cc1F. The molecule has 0 saturated heterocycles. The van der Waals surface area contributed by atoms with Gasteiger partial charge in [0.15, 0.2) is 0 Å². The van der Waals surface area contributed by atoms with Gasteiger partial charge in [0.25, 0.3) is 0 Å². The summed E-state index contributed by atoms with van der Waals surface area (Å²) in [4.78, 5) is 10.9. The number of rotatable bonds is 8. The third-order valence-corrected chi connectivity index (χ3v) is 2.86. The van der Waals surface area contributed by atoms with E-state index in [2.05, 4.69) is 12.2 Å². The highest BCUT2D eigenvalue weighted by Crippen LogP contribution is 2.10. The second kappa shape index (κ2) is 7.82. The molecule has 0 saturated carbocycles. The van der Waals surface area contributed by atoms with Crippen molar-refractivity contribution in [2.24, 2.45) is 5.73 Å². The molecule has 1 aromatic carbocycles. The second-order valence-electron chi connectivity index (χ2n) is 4.41. The van der Waals surface area contributed by atoms with Crippen molar-refractivity contribution in [2.75, 3.05) is 6.54 Å². The Labute approximate surface area is 108 Å². The van der Waals surface area contributed by atoms with Gasteiger partial charge in [-0.25, -0.2) is 4.39 Å². The molecule has 0 aliphatic rings. The highest BCUT2D eigenvalue weighted by atomic mass is 19.1. The third-order valence-electron chi connectivity index (χ3n) is 2.86. The number of carbonyl (C=O) groups excluding carboxylic acids is 1. The average molecular weight is 252 g/mol. The molecule has 0 atom stereocenters. The highest BCUT2D eigenvalue weighted by Gasteiger charge is 2.06. The first-order valence-electron chi connectivity index (χ1n) is 6.44. The quantitative estimate of drug-likeness (QED) is 0.699. The van der Waals surface area contributed by atoms with Crippen LogP contribution in [0.15, 0.2) is 18.2 Å². The van der Waals surface area contributed by atoms with E-state index in [9.17, 15) is 9.18 Å². The van der Waals surface area contributed by atoms with E-state index < -0.39 is 5.91 Å². The van der Waals surface area contributed by atoms with E-state index in [0.717, 1.165) is 13.0 Å². The van der Waals surface area contributed by atoms with E-state index in [4.69, 9.17) is 5.73 Å². The van der Waals surface area contributed by atoms with Crippen LogP contribution in [0.25, 0.3) is 0 Å². The fourth-order valence-corrected chi connectivity index (χ4v) is 1.74. The van der Waals surface area contributed by atoms with E-state index in [1.807, 2.05) is 0 Å². The second-order valence-corrected chi connectivity index (χ2v) is 4.41. The molecule has 3 nitrogen and oxygen atoms in total. The Kier molecular flexibility index (Phi) is 6.36. The van der Waals surface area contributed by atoms with Crippen molar-refractivity contribution in [1.29, 1.82) is 0 Å². The number of primary amides is 1. The number of hydrogen-bond donors (Lipinski definition) is 2. The van der Waals surface area contributed by atoms with E-state index >= 15 is 0 Å². The summed E-state index contributed by atoms with van der Waals surface area (Å²) in [5, 5.41) is 3.19. The first kappa shape index (κ1) is 14.6. The lowest BCUT2D eigenvalue weighted by atomic mass is 10.1. The van der Waals surface area contributed by atoms with E-state index in [1.54, 1.807) is 12.1 Å². The van der Waals surface area contributed by atoms with Crippen LogP contribution in [0.2, 0.25) is 0 Å². The summed E-state index contributed by atoms with van der Waals surface area (Å²) in [5.74, 6) is -0.986. The molecule has 0 unspecified atom stereocenters. The van der Waals surface area contributed by atoms with Gasteiger partial charge < -0.3 is 11.1 Å². The van der Waals surface area contributed by atoms with Crippen LogP contribution in [0.3, 0.4) is 0 Å². The minimum absolute atomic E-state index is 0.208. The smallest absolute Gasteiger partial charge is 0.248 e. The van der Waals surface area contributed by atoms with Crippen LogP contribution in [0.5, 0.6) is 0 Å². The monoisotopic (exact) mass is 252 g/mol. The van der Waals surface area contributed by atoms with Gasteiger partial charge in [-0.1, -0.05) is 32.3 Å². The number of hydrogen-bond acceptors (Lipinski definition) is 2. The average Bonchev–Trinajstić information content (AvgIpc) is 2.35. The first-order valence-corrected chi connectivity index (χ1v) is 6.44. The van der Waals surface area contributed by atoms with E-state index in [-0.39, 0.29) is 11.4 Å². The van der Waals surface area contributed by atoms with Gasteiger partial charge in [-0.2, -0.15) is 0 Å². The lowest BCUT2D eigenvalue weighted by Gasteiger charge is -2.06. The lowest BCUT2D eigenvalue weighted by molar-refractivity contribution is 0.1000. The van der Waals surface area contributed by atoms with Crippen molar-refractivity contribution in [3.63, 3.8) is 0 Å². The van der Waals surface area contributed by atoms with Crippen molar-refractivity contribution >= 4 is 5.91 Å². The highest BCUT2D eigenvalue weighted by molar-refractivity contribution is 5.92. The van der Waals surface area contributed by atoms with Gasteiger partial charge in [-0.15, -0.1) is 0 Å². The molecule has 0 aromatic heterocycles. The molecule has 0 heterocycles. The Morgan fingerprint density at radius 3 is 2.72 bits per heavy atom. The minimum atomic E-state index is -0.604. The van der Waals surface area contributed by atoms with E-state index in [1.165, 1.54) is 25.3 Å². The standard InChI is InChI=1S/C14H21FN2O/c1-2-3-4-5-8-17-10-12-7-6-11(14(16)18)9-13(12)15/h6-7,9,17H,2-5,8,10H2,1H3,(H2,16,18). The summed E-state index contributed by atoms with van der Waals surface area (Å²) in [6.45, 7) is 3.54. The molecule has 0 fully saturated rings. The molecule has 1 amide bonds. The van der Waals surface area contributed by atoms with Crippen molar-refractivity contribution < 1.29 is 9.18 Å². The van der Waals surface area contributed by atoms with Crippen molar-refractivity contribution in [1.82, 2.24) is 5.32 Å². The predicted molar refractivity (Wildman–Crippen MR) is 70.8 cm³/mol. The summed E-state index contributed by atoms with van der Waals surface area (Å²) in [6.07, 6.45) is 4.76. The van der Waals surface area contributed by atoms with Gasteiger partial charge in [0.05, 0.1) is 0 Å². The molecule has 0 aliphatic carbocycles. The number of nitrogens with two attached hydrogens (primary N) is 1. The van der Waals surface area contributed by atoms with Crippen molar-refractivity contribution in [3.05, 3.63) is 35.1 Å². The molecular formula is C14H21FN2O. The van der Waals surface area contributed by atoms with Crippen molar-refractivity contribution in [2.45, 2.75) is 39.2 Å². The summed E-state index contributed by atoms with van der Waals surface area (Å²) in [5.41, 5.74) is 5.85. The fourth-order valence-electron chi connectivity index (χ4n) is 1.74. The van der Waals surface area contributed by atoms with Crippen LogP contribution in [0, 0.1) is 5.82 Å². The van der Waals surface area contributed by atoms with E-state index in [0.29, 0.717) is 12.1 Å². The number of unbranched alkanes of at least 4 members (excludes halogenated alkanes) is 3. The maximum atomic E-state index is 13.6. The summed E-state index contributed by atoms with van der Waals surface area (Å²) in [7, 11) is 0. The van der Waals surface area contributed by atoms with Crippen LogP contribution in [-0.4, -0.2) is 12.5 Å². The van der Waals surface area contributed by atoms with Crippen LogP contribution >= 0.6 is 0 Å². The zero-order valence-electron chi connectivity index (χ0n) is 10.8. The van der Waals surface area contributed by atoms with Gasteiger partial charge in [0.2, 0.25) is 5.91 Å². The topological polar surface area (TPSA) is 55.1 Å². The van der Waals surface area contributed by atoms with Gasteiger partial charge in [-0.05, 0) is 25.1 Å².